The van der Waals surface area contributed by atoms with E-state index < -0.39 is 33.4 Å². The standard InChI is InChI=1S/C25H34N4O7S/c1-6-18(3)26-25(31)23(7-2)27(16-19-11-13-22(36-4)14-12-19)24(30)17-28(37(5,34)35)20-9-8-10-21(15-20)29(32)33/h8-15,18,23H,6-7,16-17H2,1-5H3,(H,26,31)/t18-,23+/m0/s1. The number of benzene rings is 2. The molecule has 2 rings (SSSR count). The smallest absolute Gasteiger partial charge is 0.271 e. The Hall–Kier alpha value is -3.67. The molecule has 37 heavy (non-hydrogen) atoms. The van der Waals surface area contributed by atoms with E-state index in [1.807, 2.05) is 13.8 Å². The molecule has 202 valence electrons. The van der Waals surface area contributed by atoms with E-state index in [0.29, 0.717) is 24.2 Å². The molecule has 0 saturated heterocycles. The second kappa shape index (κ2) is 13.0. The van der Waals surface area contributed by atoms with Crippen LogP contribution < -0.4 is 14.4 Å². The monoisotopic (exact) mass is 534 g/mol. The van der Waals surface area contributed by atoms with Crippen molar-refractivity contribution in [3.63, 3.8) is 0 Å². The van der Waals surface area contributed by atoms with Crippen molar-refractivity contribution in [2.45, 2.75) is 52.2 Å². The number of rotatable bonds is 13. The van der Waals surface area contributed by atoms with Crippen LogP contribution >= 0.6 is 0 Å². The van der Waals surface area contributed by atoms with Crippen molar-refractivity contribution in [2.24, 2.45) is 0 Å². The molecule has 2 amide bonds. The van der Waals surface area contributed by atoms with Gasteiger partial charge in [-0.15, -0.1) is 0 Å². The highest BCUT2D eigenvalue weighted by molar-refractivity contribution is 7.92. The van der Waals surface area contributed by atoms with Crippen molar-refractivity contribution >= 4 is 33.2 Å². The number of carbonyl (C=O) groups is 2. The Balaban J connectivity index is 2.47. The first-order valence-corrected chi connectivity index (χ1v) is 13.7. The summed E-state index contributed by atoms with van der Waals surface area (Å²) in [5, 5.41) is 14.1. The maximum absolute atomic E-state index is 13.7. The van der Waals surface area contributed by atoms with E-state index in [1.165, 1.54) is 30.2 Å². The van der Waals surface area contributed by atoms with Crippen LogP contribution in [0.3, 0.4) is 0 Å². The van der Waals surface area contributed by atoms with Gasteiger partial charge >= 0.3 is 0 Å². The zero-order valence-electron chi connectivity index (χ0n) is 21.7. The van der Waals surface area contributed by atoms with E-state index in [1.54, 1.807) is 31.2 Å². The van der Waals surface area contributed by atoms with Crippen LogP contribution in [0.4, 0.5) is 11.4 Å². The molecule has 0 saturated carbocycles. The molecule has 0 aliphatic carbocycles. The third-order valence-corrected chi connectivity index (χ3v) is 7.05. The maximum Gasteiger partial charge on any atom is 0.271 e. The van der Waals surface area contributed by atoms with E-state index in [0.717, 1.165) is 16.6 Å². The predicted octanol–water partition coefficient (Wildman–Crippen LogP) is 3.09. The van der Waals surface area contributed by atoms with Crippen molar-refractivity contribution in [2.75, 3.05) is 24.2 Å². The molecule has 0 spiro atoms. The molecule has 2 aromatic rings. The van der Waals surface area contributed by atoms with Gasteiger partial charge in [0.15, 0.2) is 0 Å². The molecule has 0 aliphatic rings. The number of hydrogen-bond acceptors (Lipinski definition) is 7. The van der Waals surface area contributed by atoms with Gasteiger partial charge in [-0.05, 0) is 43.5 Å². The van der Waals surface area contributed by atoms with E-state index in [-0.39, 0.29) is 29.9 Å². The number of nitro benzene ring substituents is 1. The minimum Gasteiger partial charge on any atom is -0.497 e. The number of methoxy groups -OCH3 is 1. The second-order valence-corrected chi connectivity index (χ2v) is 10.6. The van der Waals surface area contributed by atoms with Crippen molar-refractivity contribution in [1.29, 1.82) is 0 Å². The number of amides is 2. The van der Waals surface area contributed by atoms with Crippen molar-refractivity contribution < 1.29 is 27.7 Å². The average molecular weight is 535 g/mol. The quantitative estimate of drug-likeness (QED) is 0.308. The summed E-state index contributed by atoms with van der Waals surface area (Å²) in [6.45, 7) is 4.96. The maximum atomic E-state index is 13.7. The first kappa shape index (κ1) is 29.6. The van der Waals surface area contributed by atoms with Gasteiger partial charge in [0.05, 0.1) is 24.0 Å². The number of carbonyl (C=O) groups excluding carboxylic acids is 2. The van der Waals surface area contributed by atoms with E-state index in [2.05, 4.69) is 5.32 Å². The lowest BCUT2D eigenvalue weighted by Gasteiger charge is -2.33. The molecule has 0 aliphatic heterocycles. The van der Waals surface area contributed by atoms with Crippen LogP contribution in [-0.4, -0.2) is 62.0 Å². The van der Waals surface area contributed by atoms with Gasteiger partial charge in [0.25, 0.3) is 5.69 Å². The largest absolute Gasteiger partial charge is 0.497 e. The SMILES string of the molecule is CC[C@H](C(=O)N[C@@H](C)CC)N(Cc1ccc(OC)cc1)C(=O)CN(c1cccc([N+](=O)[O-])c1)S(C)(=O)=O. The number of non-ortho nitro benzene ring substituents is 1. The zero-order valence-corrected chi connectivity index (χ0v) is 22.5. The summed E-state index contributed by atoms with van der Waals surface area (Å²) in [5.74, 6) is -0.351. The predicted molar refractivity (Wildman–Crippen MR) is 141 cm³/mol. The topological polar surface area (TPSA) is 139 Å². The highest BCUT2D eigenvalue weighted by Crippen LogP contribution is 2.24. The fourth-order valence-electron chi connectivity index (χ4n) is 3.66. The average Bonchev–Trinajstić information content (AvgIpc) is 2.86. The molecule has 2 aromatic carbocycles. The van der Waals surface area contributed by atoms with Crippen LogP contribution in [0.15, 0.2) is 48.5 Å². The van der Waals surface area contributed by atoms with Crippen LogP contribution in [0.5, 0.6) is 5.75 Å². The van der Waals surface area contributed by atoms with Crippen molar-refractivity contribution in [3.8, 4) is 5.75 Å². The Morgan fingerprint density at radius 2 is 1.76 bits per heavy atom. The second-order valence-electron chi connectivity index (χ2n) is 8.66. The third-order valence-electron chi connectivity index (χ3n) is 5.91. The van der Waals surface area contributed by atoms with Crippen molar-refractivity contribution in [3.05, 3.63) is 64.2 Å². The van der Waals surface area contributed by atoms with E-state index in [9.17, 15) is 28.1 Å². The minimum absolute atomic E-state index is 0.0217. The van der Waals surface area contributed by atoms with Crippen LogP contribution in [0, 0.1) is 10.1 Å². The highest BCUT2D eigenvalue weighted by Gasteiger charge is 2.32. The molecular weight excluding hydrogens is 500 g/mol. The Morgan fingerprint density at radius 3 is 2.27 bits per heavy atom. The number of nitrogens with zero attached hydrogens (tertiary/aromatic N) is 3. The summed E-state index contributed by atoms with van der Waals surface area (Å²) in [7, 11) is -2.47. The highest BCUT2D eigenvalue weighted by atomic mass is 32.2. The van der Waals surface area contributed by atoms with Crippen LogP contribution in [-0.2, 0) is 26.2 Å². The molecule has 11 nitrogen and oxygen atoms in total. The van der Waals surface area contributed by atoms with Gasteiger partial charge in [0.1, 0.15) is 18.3 Å². The first-order chi connectivity index (χ1) is 17.4. The Morgan fingerprint density at radius 1 is 1.11 bits per heavy atom. The zero-order chi connectivity index (χ0) is 27.8. The van der Waals surface area contributed by atoms with Crippen molar-refractivity contribution in [1.82, 2.24) is 10.2 Å². The molecular formula is C25H34N4O7S. The molecule has 0 fully saturated rings. The van der Waals surface area contributed by atoms with Gasteiger partial charge in [0.2, 0.25) is 21.8 Å². The molecule has 0 radical (unpaired) electrons. The molecule has 0 heterocycles. The number of hydrogen-bond donors (Lipinski definition) is 1. The van der Waals surface area contributed by atoms with Crippen LogP contribution in [0.25, 0.3) is 0 Å². The summed E-state index contributed by atoms with van der Waals surface area (Å²) in [6.07, 6.45) is 1.91. The number of nitro groups is 1. The summed E-state index contributed by atoms with van der Waals surface area (Å²) < 4.78 is 31.3. The first-order valence-electron chi connectivity index (χ1n) is 11.9. The molecule has 0 bridgehead atoms. The van der Waals surface area contributed by atoms with Crippen LogP contribution in [0.1, 0.15) is 39.2 Å². The van der Waals surface area contributed by atoms with E-state index in [4.69, 9.17) is 4.74 Å². The lowest BCUT2D eigenvalue weighted by molar-refractivity contribution is -0.384. The Kier molecular flexibility index (Phi) is 10.4. The van der Waals surface area contributed by atoms with Crippen LogP contribution in [0.2, 0.25) is 0 Å². The lowest BCUT2D eigenvalue weighted by atomic mass is 10.1. The summed E-state index contributed by atoms with van der Waals surface area (Å²) in [5.41, 5.74) is 0.379. The van der Waals surface area contributed by atoms with Gasteiger partial charge in [0, 0.05) is 24.7 Å². The Labute approximate surface area is 217 Å². The van der Waals surface area contributed by atoms with E-state index >= 15 is 0 Å². The summed E-state index contributed by atoms with van der Waals surface area (Å²) >= 11 is 0. The van der Waals surface area contributed by atoms with Gasteiger partial charge in [-0.3, -0.25) is 24.0 Å². The fraction of sp³-hybridized carbons (Fsp3) is 0.440. The molecule has 2 atom stereocenters. The summed E-state index contributed by atoms with van der Waals surface area (Å²) in [4.78, 5) is 38.7. The van der Waals surface area contributed by atoms with Gasteiger partial charge in [-0.25, -0.2) is 8.42 Å². The summed E-state index contributed by atoms with van der Waals surface area (Å²) in [6, 6.07) is 11.0. The number of anilines is 1. The molecule has 0 unspecified atom stereocenters. The van der Waals surface area contributed by atoms with Gasteiger partial charge < -0.3 is 15.0 Å². The number of ether oxygens (including phenoxy) is 1. The fourth-order valence-corrected chi connectivity index (χ4v) is 4.51. The van der Waals surface area contributed by atoms with Gasteiger partial charge in [-0.1, -0.05) is 32.0 Å². The normalized spacial score (nSPS) is 12.8. The number of sulfonamides is 1. The lowest BCUT2D eigenvalue weighted by Crippen LogP contribution is -2.53. The number of nitrogens with one attached hydrogen (secondary N) is 1. The molecule has 0 aromatic heterocycles. The third kappa shape index (κ3) is 8.17. The molecule has 1 N–H and O–H groups in total. The minimum atomic E-state index is -4.00. The molecule has 12 heteroatoms. The Bertz CT molecular complexity index is 1200. The van der Waals surface area contributed by atoms with Gasteiger partial charge in [-0.2, -0.15) is 0 Å².